The van der Waals surface area contributed by atoms with Crippen molar-refractivity contribution in [2.24, 2.45) is 0 Å². The first-order valence-electron chi connectivity index (χ1n) is 12.1. The Morgan fingerprint density at radius 3 is 2.18 bits per heavy atom. The molecule has 0 saturated carbocycles. The predicted octanol–water partition coefficient (Wildman–Crippen LogP) is 4.92. The van der Waals surface area contributed by atoms with Crippen LogP contribution in [0.25, 0.3) is 0 Å². The maximum atomic E-state index is 13.8. The van der Waals surface area contributed by atoms with Gasteiger partial charge in [0.25, 0.3) is 10.0 Å². The summed E-state index contributed by atoms with van der Waals surface area (Å²) in [6.45, 7) is 6.39. The van der Waals surface area contributed by atoms with Gasteiger partial charge in [0.05, 0.1) is 10.6 Å². The standard InChI is InChI=1S/C28H31ClFN3O4S/c1-19(2)31-28(35)21(4)32(17-22-10-12-24(30)13-11-22)27(34)18-33(25-7-5-6-23(29)16-25)38(36,37)26-14-8-20(3)9-15-26/h5-16,19,21H,17-18H2,1-4H3,(H,31,35)/t21-/m1/s1. The quantitative estimate of drug-likeness (QED) is 0.382. The van der Waals surface area contributed by atoms with E-state index in [2.05, 4.69) is 5.32 Å². The van der Waals surface area contributed by atoms with Gasteiger partial charge >= 0.3 is 0 Å². The monoisotopic (exact) mass is 559 g/mol. The average Bonchev–Trinajstić information content (AvgIpc) is 2.86. The van der Waals surface area contributed by atoms with Crippen molar-refractivity contribution in [3.63, 3.8) is 0 Å². The van der Waals surface area contributed by atoms with Gasteiger partial charge in [0.15, 0.2) is 0 Å². The molecule has 2 amide bonds. The average molecular weight is 560 g/mol. The third-order valence-electron chi connectivity index (χ3n) is 5.85. The minimum Gasteiger partial charge on any atom is -0.352 e. The molecule has 0 bridgehead atoms. The van der Waals surface area contributed by atoms with Crippen LogP contribution in [0.15, 0.2) is 77.7 Å². The summed E-state index contributed by atoms with van der Waals surface area (Å²) in [4.78, 5) is 28.0. The maximum absolute atomic E-state index is 13.8. The molecule has 0 spiro atoms. The number of carbonyl (C=O) groups is 2. The molecule has 0 fully saturated rings. The Balaban J connectivity index is 2.03. The Hall–Kier alpha value is -3.43. The zero-order chi connectivity index (χ0) is 28.0. The van der Waals surface area contributed by atoms with Gasteiger partial charge in [-0.25, -0.2) is 12.8 Å². The zero-order valence-electron chi connectivity index (χ0n) is 21.7. The molecule has 0 aliphatic carbocycles. The van der Waals surface area contributed by atoms with E-state index in [0.717, 1.165) is 9.87 Å². The normalized spacial score (nSPS) is 12.2. The van der Waals surface area contributed by atoms with Crippen molar-refractivity contribution < 1.29 is 22.4 Å². The molecule has 0 saturated heterocycles. The van der Waals surface area contributed by atoms with E-state index in [9.17, 15) is 22.4 Å². The molecule has 3 aromatic carbocycles. The number of sulfonamides is 1. The molecule has 0 aliphatic heterocycles. The number of nitrogens with zero attached hydrogens (tertiary/aromatic N) is 2. The lowest BCUT2D eigenvalue weighted by Crippen LogP contribution is -2.52. The first-order chi connectivity index (χ1) is 17.9. The van der Waals surface area contributed by atoms with Crippen LogP contribution in [-0.4, -0.2) is 43.8 Å². The zero-order valence-corrected chi connectivity index (χ0v) is 23.3. The van der Waals surface area contributed by atoms with E-state index in [-0.39, 0.29) is 23.2 Å². The van der Waals surface area contributed by atoms with E-state index in [1.807, 2.05) is 6.92 Å². The van der Waals surface area contributed by atoms with E-state index in [1.165, 1.54) is 47.4 Å². The highest BCUT2D eigenvalue weighted by Gasteiger charge is 2.32. The van der Waals surface area contributed by atoms with Gasteiger partial charge < -0.3 is 10.2 Å². The van der Waals surface area contributed by atoms with Gasteiger partial charge in [-0.2, -0.15) is 0 Å². The summed E-state index contributed by atoms with van der Waals surface area (Å²) in [6, 6.07) is 16.9. The van der Waals surface area contributed by atoms with E-state index in [4.69, 9.17) is 11.6 Å². The van der Waals surface area contributed by atoms with E-state index >= 15 is 0 Å². The molecule has 1 N–H and O–H groups in total. The number of anilines is 1. The van der Waals surface area contributed by atoms with Crippen LogP contribution < -0.4 is 9.62 Å². The summed E-state index contributed by atoms with van der Waals surface area (Å²) in [6.07, 6.45) is 0. The summed E-state index contributed by atoms with van der Waals surface area (Å²) >= 11 is 6.17. The van der Waals surface area contributed by atoms with Gasteiger partial charge in [0.2, 0.25) is 11.8 Å². The molecule has 1 atom stereocenters. The van der Waals surface area contributed by atoms with Crippen molar-refractivity contribution in [2.75, 3.05) is 10.8 Å². The highest BCUT2D eigenvalue weighted by molar-refractivity contribution is 7.92. The molecule has 0 unspecified atom stereocenters. The van der Waals surface area contributed by atoms with Crippen LogP contribution in [0.5, 0.6) is 0 Å². The van der Waals surface area contributed by atoms with Crippen molar-refractivity contribution in [1.29, 1.82) is 0 Å². The molecule has 0 radical (unpaired) electrons. The lowest BCUT2D eigenvalue weighted by atomic mass is 10.1. The molecule has 202 valence electrons. The molecule has 0 aromatic heterocycles. The van der Waals surface area contributed by atoms with Gasteiger partial charge in [-0.15, -0.1) is 0 Å². The fourth-order valence-electron chi connectivity index (χ4n) is 3.77. The molecule has 3 rings (SSSR count). The van der Waals surface area contributed by atoms with E-state index in [0.29, 0.717) is 10.6 Å². The number of halogens is 2. The lowest BCUT2D eigenvalue weighted by Gasteiger charge is -2.32. The van der Waals surface area contributed by atoms with E-state index < -0.39 is 40.2 Å². The van der Waals surface area contributed by atoms with E-state index in [1.54, 1.807) is 51.1 Å². The predicted molar refractivity (Wildman–Crippen MR) is 147 cm³/mol. The van der Waals surface area contributed by atoms with Crippen molar-refractivity contribution in [3.05, 3.63) is 94.8 Å². The van der Waals surface area contributed by atoms with Crippen molar-refractivity contribution in [2.45, 2.75) is 51.2 Å². The number of amides is 2. The molecular formula is C28H31ClFN3O4S. The number of nitrogens with one attached hydrogen (secondary N) is 1. The molecule has 0 heterocycles. The number of hydrogen-bond donors (Lipinski definition) is 1. The van der Waals surface area contributed by atoms with Gasteiger partial charge in [-0.3, -0.25) is 13.9 Å². The second-order valence-corrected chi connectivity index (χ2v) is 11.6. The minimum absolute atomic E-state index is 0.00607. The third kappa shape index (κ3) is 7.33. The van der Waals surface area contributed by atoms with Gasteiger partial charge in [0.1, 0.15) is 18.4 Å². The fourth-order valence-corrected chi connectivity index (χ4v) is 5.36. The minimum atomic E-state index is -4.18. The molecule has 7 nitrogen and oxygen atoms in total. The Morgan fingerprint density at radius 2 is 1.61 bits per heavy atom. The van der Waals surface area contributed by atoms with Crippen LogP contribution in [0, 0.1) is 12.7 Å². The SMILES string of the molecule is Cc1ccc(S(=O)(=O)N(CC(=O)N(Cc2ccc(F)cc2)[C@H](C)C(=O)NC(C)C)c2cccc(Cl)c2)cc1. The van der Waals surface area contributed by atoms with Gasteiger partial charge in [0, 0.05) is 17.6 Å². The van der Waals surface area contributed by atoms with Crippen LogP contribution in [0.2, 0.25) is 5.02 Å². The second kappa shape index (κ2) is 12.4. The molecular weight excluding hydrogens is 529 g/mol. The number of rotatable bonds is 10. The van der Waals surface area contributed by atoms with Crippen LogP contribution in [0.1, 0.15) is 31.9 Å². The molecule has 38 heavy (non-hydrogen) atoms. The smallest absolute Gasteiger partial charge is 0.264 e. The molecule has 3 aromatic rings. The highest BCUT2D eigenvalue weighted by Crippen LogP contribution is 2.27. The summed E-state index contributed by atoms with van der Waals surface area (Å²) in [7, 11) is -4.18. The van der Waals surface area contributed by atoms with Crippen LogP contribution in [-0.2, 0) is 26.2 Å². The highest BCUT2D eigenvalue weighted by atomic mass is 35.5. The van der Waals surface area contributed by atoms with Crippen molar-refractivity contribution >= 4 is 39.1 Å². The number of carbonyl (C=O) groups excluding carboxylic acids is 2. The lowest BCUT2D eigenvalue weighted by molar-refractivity contribution is -0.139. The Bertz CT molecular complexity index is 1380. The molecule has 0 aliphatic rings. The van der Waals surface area contributed by atoms with Crippen LogP contribution in [0.3, 0.4) is 0 Å². The van der Waals surface area contributed by atoms with Gasteiger partial charge in [-0.1, -0.05) is 47.5 Å². The summed E-state index contributed by atoms with van der Waals surface area (Å²) in [5.74, 6) is -1.45. The fraction of sp³-hybridized carbons (Fsp3) is 0.286. The van der Waals surface area contributed by atoms with Gasteiger partial charge in [-0.05, 0) is 75.7 Å². The summed E-state index contributed by atoms with van der Waals surface area (Å²) < 4.78 is 42.0. The second-order valence-electron chi connectivity index (χ2n) is 9.29. The number of hydrogen-bond acceptors (Lipinski definition) is 4. The summed E-state index contributed by atoms with van der Waals surface area (Å²) in [5, 5.41) is 3.08. The maximum Gasteiger partial charge on any atom is 0.264 e. The number of aryl methyl sites for hydroxylation is 1. The Morgan fingerprint density at radius 1 is 0.974 bits per heavy atom. The van der Waals surface area contributed by atoms with Crippen molar-refractivity contribution in [3.8, 4) is 0 Å². The largest absolute Gasteiger partial charge is 0.352 e. The Kier molecular flexibility index (Phi) is 9.51. The Labute approximate surface area is 228 Å². The summed E-state index contributed by atoms with van der Waals surface area (Å²) in [5.41, 5.74) is 1.66. The first-order valence-corrected chi connectivity index (χ1v) is 13.9. The third-order valence-corrected chi connectivity index (χ3v) is 7.87. The van der Waals surface area contributed by atoms with Crippen LogP contribution in [0.4, 0.5) is 10.1 Å². The van der Waals surface area contributed by atoms with Crippen molar-refractivity contribution in [1.82, 2.24) is 10.2 Å². The first kappa shape index (κ1) is 29.1. The number of benzene rings is 3. The molecule has 10 heteroatoms. The van der Waals surface area contributed by atoms with Crippen LogP contribution >= 0.6 is 11.6 Å². The topological polar surface area (TPSA) is 86.8 Å².